The van der Waals surface area contributed by atoms with Gasteiger partial charge >= 0.3 is 0 Å². The lowest BCUT2D eigenvalue weighted by Gasteiger charge is -2.42. The highest BCUT2D eigenvalue weighted by atomic mass is 16.6. The molecule has 4 heterocycles. The number of ether oxygens (including phenoxy) is 2. The highest BCUT2D eigenvalue weighted by molar-refractivity contribution is 6.39. The molecule has 6 N–H and O–H groups in total. The molecule has 0 unspecified atom stereocenters. The first-order chi connectivity index (χ1) is 23.2. The third kappa shape index (κ3) is 4.69. The summed E-state index contributed by atoms with van der Waals surface area (Å²) in [6.07, 6.45) is -6.22. The number of amides is 2. The summed E-state index contributed by atoms with van der Waals surface area (Å²) in [4.78, 5) is 35.8. The van der Waals surface area contributed by atoms with Crippen LogP contribution in [0.25, 0.3) is 43.6 Å². The lowest BCUT2D eigenvalue weighted by molar-refractivity contribution is -0.255. The number of carbonyl (C=O) groups is 2. The number of nitrogens with one attached hydrogen (secondary N) is 1. The van der Waals surface area contributed by atoms with Gasteiger partial charge in [0.25, 0.3) is 11.8 Å². The predicted octanol–water partition coefficient (Wildman–Crippen LogP) is 1.98. The maximum absolute atomic E-state index is 14.5. The first kappa shape index (κ1) is 32.6. The number of aromatic nitrogens is 2. The van der Waals surface area contributed by atoms with Crippen LogP contribution in [0, 0.1) is 0 Å². The second-order valence-corrected chi connectivity index (χ2v) is 12.5. The molecule has 7 rings (SSSR count). The molecular formula is C35H40N4O9. The van der Waals surface area contributed by atoms with Crippen molar-refractivity contribution in [3.63, 3.8) is 0 Å². The van der Waals surface area contributed by atoms with Crippen LogP contribution in [0.3, 0.4) is 0 Å². The summed E-state index contributed by atoms with van der Waals surface area (Å²) in [6.45, 7) is 5.21. The fourth-order valence-electron chi connectivity index (χ4n) is 7.59. The van der Waals surface area contributed by atoms with Gasteiger partial charge in [0.15, 0.2) is 6.23 Å². The molecule has 2 amide bonds. The molecular weight excluding hydrogens is 620 g/mol. The Morgan fingerprint density at radius 2 is 1.54 bits per heavy atom. The molecule has 1 fully saturated rings. The fourth-order valence-corrected chi connectivity index (χ4v) is 7.59. The monoisotopic (exact) mass is 660 g/mol. The maximum atomic E-state index is 14.5. The molecule has 2 aromatic heterocycles. The van der Waals surface area contributed by atoms with E-state index in [0.717, 1.165) is 13.1 Å². The number of hydrogen-bond acceptors (Lipinski definition) is 10. The summed E-state index contributed by atoms with van der Waals surface area (Å²) < 4.78 is 13.4. The van der Waals surface area contributed by atoms with Crippen LogP contribution in [0.4, 0.5) is 0 Å². The first-order valence-corrected chi connectivity index (χ1v) is 16.2. The minimum Gasteiger partial charge on any atom is -0.394 e. The summed E-state index contributed by atoms with van der Waals surface area (Å²) in [5, 5.41) is 55.2. The number of imide groups is 1. The summed E-state index contributed by atoms with van der Waals surface area (Å²) >= 11 is 0. The zero-order valence-corrected chi connectivity index (χ0v) is 27.0. The van der Waals surface area contributed by atoms with Crippen molar-refractivity contribution in [3.8, 4) is 0 Å². The molecule has 0 radical (unpaired) electrons. The van der Waals surface area contributed by atoms with Gasteiger partial charge in [-0.05, 0) is 48.5 Å². The van der Waals surface area contributed by atoms with E-state index in [4.69, 9.17) is 9.47 Å². The van der Waals surface area contributed by atoms with Crippen molar-refractivity contribution in [2.24, 2.45) is 0 Å². The van der Waals surface area contributed by atoms with Crippen LogP contribution in [-0.4, -0.2) is 121 Å². The Labute approximate surface area is 275 Å². The topological polar surface area (TPSA) is 181 Å². The number of aliphatic hydroxyl groups is 5. The van der Waals surface area contributed by atoms with Gasteiger partial charge in [0.2, 0.25) is 0 Å². The number of aliphatic hydroxyl groups excluding tert-OH is 5. The molecule has 3 aromatic carbocycles. The molecule has 13 heteroatoms. The number of H-pyrrole nitrogens is 1. The SMILES string of the molecule is CCN(CC)CCN1C(=O)c2c(c3c4cc(CO)ccc4n([C@@H]4O[C@H](CO)[C@@H](OC)[C@H](O)[C@H]4O)c3c3[nH]c4ccc(CO)cc4c23)C1=O. The van der Waals surface area contributed by atoms with E-state index in [2.05, 4.69) is 9.88 Å². The van der Waals surface area contributed by atoms with Crippen molar-refractivity contribution in [2.45, 2.75) is 57.7 Å². The van der Waals surface area contributed by atoms with Crippen LogP contribution in [0.2, 0.25) is 0 Å². The lowest BCUT2D eigenvalue weighted by Crippen LogP contribution is -2.57. The molecule has 2 aliphatic rings. The van der Waals surface area contributed by atoms with E-state index in [1.165, 1.54) is 12.0 Å². The van der Waals surface area contributed by atoms with Crippen molar-refractivity contribution >= 4 is 55.4 Å². The smallest absolute Gasteiger partial charge is 0.262 e. The fraction of sp³-hybridized carbons (Fsp3) is 0.429. The minimum atomic E-state index is -1.52. The number of rotatable bonds is 10. The normalized spacial score (nSPS) is 23.2. The van der Waals surface area contributed by atoms with Crippen LogP contribution < -0.4 is 0 Å². The Hall–Kier alpha value is -3.92. The third-order valence-electron chi connectivity index (χ3n) is 10.1. The van der Waals surface area contributed by atoms with Gasteiger partial charge in [0.05, 0.1) is 47.5 Å². The molecule has 1 saturated heterocycles. The highest BCUT2D eigenvalue weighted by Crippen LogP contribution is 2.47. The number of methoxy groups -OCH3 is 1. The standard InChI is InChI=1S/C35H40N4O9/c1-4-37(5-2)10-11-38-33(45)26-24-19-12-17(14-40)6-8-21(19)36-28(24)29-25(27(26)34(38)46)20-13-18(15-41)7-9-22(20)39(29)35-31(44)30(43)32(47-3)23(16-42)48-35/h6-9,12-13,23,30-32,35-36,40-44H,4-5,10-11,14-16H2,1-3H3/t23-,30-,31-,32-,35-/m1/s1. The van der Waals surface area contributed by atoms with E-state index in [0.29, 0.717) is 61.3 Å². The van der Waals surface area contributed by atoms with Crippen LogP contribution in [0.5, 0.6) is 0 Å². The second kappa shape index (κ2) is 12.5. The molecule has 0 saturated carbocycles. The number of likely N-dealkylation sites (N-methyl/N-ethyl adjacent to an activating group) is 1. The van der Waals surface area contributed by atoms with Gasteiger partial charge in [-0.25, -0.2) is 0 Å². The highest BCUT2D eigenvalue weighted by Gasteiger charge is 2.48. The van der Waals surface area contributed by atoms with Gasteiger partial charge in [0, 0.05) is 47.3 Å². The van der Waals surface area contributed by atoms with Gasteiger partial charge in [-0.3, -0.25) is 14.5 Å². The van der Waals surface area contributed by atoms with E-state index >= 15 is 0 Å². The van der Waals surface area contributed by atoms with Crippen molar-refractivity contribution in [1.29, 1.82) is 0 Å². The van der Waals surface area contributed by atoms with E-state index in [9.17, 15) is 35.1 Å². The number of carbonyl (C=O) groups excluding carboxylic acids is 2. The number of aromatic amines is 1. The Morgan fingerprint density at radius 3 is 2.17 bits per heavy atom. The molecule has 2 aliphatic heterocycles. The number of nitrogens with zero attached hydrogens (tertiary/aromatic N) is 3. The minimum absolute atomic E-state index is 0.176. The molecule has 254 valence electrons. The van der Waals surface area contributed by atoms with E-state index < -0.39 is 49.1 Å². The van der Waals surface area contributed by atoms with Crippen molar-refractivity contribution in [2.75, 3.05) is 39.9 Å². The molecule has 0 bridgehead atoms. The van der Waals surface area contributed by atoms with Gasteiger partial charge in [-0.15, -0.1) is 0 Å². The van der Waals surface area contributed by atoms with Crippen molar-refractivity contribution in [3.05, 3.63) is 58.7 Å². The second-order valence-electron chi connectivity index (χ2n) is 12.5. The molecule has 13 nitrogen and oxygen atoms in total. The third-order valence-corrected chi connectivity index (χ3v) is 10.1. The Balaban J connectivity index is 1.61. The Morgan fingerprint density at radius 1 is 0.896 bits per heavy atom. The first-order valence-electron chi connectivity index (χ1n) is 16.2. The van der Waals surface area contributed by atoms with E-state index in [1.54, 1.807) is 41.0 Å². The van der Waals surface area contributed by atoms with Crippen molar-refractivity contribution in [1.82, 2.24) is 19.4 Å². The molecule has 5 aromatic rings. The van der Waals surface area contributed by atoms with Gasteiger partial charge in [-0.2, -0.15) is 0 Å². The van der Waals surface area contributed by atoms with E-state index in [1.807, 2.05) is 13.8 Å². The summed E-state index contributed by atoms with van der Waals surface area (Å²) in [7, 11) is 1.36. The van der Waals surface area contributed by atoms with Crippen LogP contribution in [0.15, 0.2) is 36.4 Å². The molecule has 5 atom stereocenters. The van der Waals surface area contributed by atoms with E-state index in [-0.39, 0.29) is 30.9 Å². The Kier molecular flexibility index (Phi) is 8.50. The average Bonchev–Trinajstić information content (AvgIpc) is 3.72. The molecule has 48 heavy (non-hydrogen) atoms. The quantitative estimate of drug-likeness (QED) is 0.121. The summed E-state index contributed by atoms with van der Waals surface area (Å²) in [5.41, 5.74) is 3.69. The molecule has 0 aliphatic carbocycles. The average molecular weight is 661 g/mol. The number of benzene rings is 3. The van der Waals surface area contributed by atoms with Gasteiger partial charge < -0.3 is 49.5 Å². The predicted molar refractivity (Wildman–Crippen MR) is 178 cm³/mol. The zero-order chi connectivity index (χ0) is 34.0. The Bertz CT molecular complexity index is 2060. The van der Waals surface area contributed by atoms with Crippen LogP contribution in [-0.2, 0) is 22.7 Å². The van der Waals surface area contributed by atoms with Crippen LogP contribution >= 0.6 is 0 Å². The largest absolute Gasteiger partial charge is 0.394 e. The molecule has 0 spiro atoms. The van der Waals surface area contributed by atoms with Crippen LogP contribution in [0.1, 0.15) is 51.9 Å². The van der Waals surface area contributed by atoms with Gasteiger partial charge in [0.1, 0.15) is 24.4 Å². The van der Waals surface area contributed by atoms with Crippen molar-refractivity contribution < 1.29 is 44.6 Å². The maximum Gasteiger partial charge on any atom is 0.262 e. The zero-order valence-electron chi connectivity index (χ0n) is 27.0. The lowest BCUT2D eigenvalue weighted by atomic mass is 9.95. The number of fused-ring (bicyclic) bond motifs is 10. The van der Waals surface area contributed by atoms with Gasteiger partial charge in [-0.1, -0.05) is 26.0 Å². The number of hydrogen-bond donors (Lipinski definition) is 6. The summed E-state index contributed by atoms with van der Waals surface area (Å²) in [5.74, 6) is -0.899. The summed E-state index contributed by atoms with van der Waals surface area (Å²) in [6, 6.07) is 10.6.